The Morgan fingerprint density at radius 1 is 1.57 bits per heavy atom. The van der Waals surface area contributed by atoms with Crippen LogP contribution in [-0.4, -0.2) is 40.7 Å². The minimum atomic E-state index is -1.11. The van der Waals surface area contributed by atoms with Gasteiger partial charge in [0.25, 0.3) is 0 Å². The van der Waals surface area contributed by atoms with Crippen LogP contribution in [0.1, 0.15) is 11.3 Å². The van der Waals surface area contributed by atoms with Crippen molar-refractivity contribution in [1.29, 1.82) is 0 Å². The number of halogens is 1. The van der Waals surface area contributed by atoms with E-state index in [1.807, 2.05) is 0 Å². The highest BCUT2D eigenvalue weighted by Gasteiger charge is 2.13. The van der Waals surface area contributed by atoms with Crippen LogP contribution in [-0.2, 0) is 4.79 Å². The van der Waals surface area contributed by atoms with Gasteiger partial charge in [-0.2, -0.15) is 5.10 Å². The van der Waals surface area contributed by atoms with E-state index in [2.05, 4.69) is 10.1 Å². The minimum Gasteiger partial charge on any atom is -0.493 e. The Morgan fingerprint density at radius 3 is 2.87 bits per heavy atom. The number of rotatable bonds is 6. The van der Waals surface area contributed by atoms with Crippen LogP contribution in [0.25, 0.3) is 0 Å². The monoisotopic (exact) mass is 338 g/mol. The molecule has 2 rings (SSSR count). The van der Waals surface area contributed by atoms with E-state index in [1.165, 1.54) is 24.1 Å². The molecule has 0 amide bonds. The van der Waals surface area contributed by atoms with Crippen LogP contribution >= 0.6 is 11.6 Å². The average molecular weight is 339 g/mol. The lowest BCUT2D eigenvalue weighted by molar-refractivity contribution is -0.139. The van der Waals surface area contributed by atoms with Crippen LogP contribution in [0, 0.1) is 6.92 Å². The quantitative estimate of drug-likeness (QED) is 0.776. The third-order valence-electron chi connectivity index (χ3n) is 2.76. The molecule has 0 spiro atoms. The van der Waals surface area contributed by atoms with Gasteiger partial charge in [0.05, 0.1) is 25.2 Å². The smallest absolute Gasteiger partial charge is 0.341 e. The summed E-state index contributed by atoms with van der Waals surface area (Å²) in [7, 11) is 1.43. The lowest BCUT2D eigenvalue weighted by atomic mass is 10.2. The molecule has 0 saturated heterocycles. The van der Waals surface area contributed by atoms with Gasteiger partial charge in [0.2, 0.25) is 5.95 Å². The number of carbonyl (C=O) groups is 1. The molecule has 1 aromatic heterocycles. The second-order valence-electron chi connectivity index (χ2n) is 4.54. The number of anilines is 1. The van der Waals surface area contributed by atoms with Gasteiger partial charge in [0, 0.05) is 16.7 Å². The molecule has 8 nitrogen and oxygen atoms in total. The number of carboxylic acids is 1. The van der Waals surface area contributed by atoms with Crippen molar-refractivity contribution in [3.05, 3.63) is 34.6 Å². The number of nitrogens with two attached hydrogens (primary N) is 1. The van der Waals surface area contributed by atoms with Crippen molar-refractivity contribution < 1.29 is 19.4 Å². The van der Waals surface area contributed by atoms with Gasteiger partial charge >= 0.3 is 5.97 Å². The second-order valence-corrected chi connectivity index (χ2v) is 4.97. The highest BCUT2D eigenvalue weighted by atomic mass is 35.5. The molecule has 1 heterocycles. The number of imidazole rings is 1. The van der Waals surface area contributed by atoms with Crippen molar-refractivity contribution in [3.63, 3.8) is 0 Å². The van der Waals surface area contributed by atoms with Gasteiger partial charge in [-0.25, -0.2) is 14.5 Å². The van der Waals surface area contributed by atoms with Crippen LogP contribution in [0.15, 0.2) is 23.4 Å². The fourth-order valence-corrected chi connectivity index (χ4v) is 2.06. The van der Waals surface area contributed by atoms with E-state index in [0.717, 1.165) is 0 Å². The molecule has 0 unspecified atom stereocenters. The lowest BCUT2D eigenvalue weighted by Crippen LogP contribution is -2.11. The molecule has 0 aliphatic rings. The molecule has 1 aromatic carbocycles. The number of nitrogens with zero attached hydrogens (tertiary/aromatic N) is 3. The number of aromatic nitrogens is 2. The van der Waals surface area contributed by atoms with Gasteiger partial charge in [0.15, 0.2) is 18.1 Å². The zero-order chi connectivity index (χ0) is 17.0. The number of benzene rings is 1. The fraction of sp³-hybridized carbons (Fsp3) is 0.214. The molecular formula is C14H15ClN4O4. The lowest BCUT2D eigenvalue weighted by Gasteiger charge is -2.12. The molecule has 0 radical (unpaired) electrons. The maximum absolute atomic E-state index is 10.7. The predicted octanol–water partition coefficient (Wildman–Crippen LogP) is 1.78. The SMILES string of the molecule is COc1cc(Cl)cc(C=Nn2cc(C)nc2N)c1OCC(=O)O. The Labute approximate surface area is 137 Å². The van der Waals surface area contributed by atoms with E-state index in [0.29, 0.717) is 22.0 Å². The van der Waals surface area contributed by atoms with Crippen LogP contribution in [0.3, 0.4) is 0 Å². The van der Waals surface area contributed by atoms with Crippen LogP contribution < -0.4 is 15.2 Å². The molecule has 9 heteroatoms. The number of hydrogen-bond donors (Lipinski definition) is 2. The van der Waals surface area contributed by atoms with Crippen molar-refractivity contribution in [2.75, 3.05) is 19.5 Å². The Bertz CT molecular complexity index is 757. The van der Waals surface area contributed by atoms with E-state index in [-0.39, 0.29) is 11.7 Å². The molecule has 0 saturated carbocycles. The van der Waals surface area contributed by atoms with Gasteiger partial charge in [-0.1, -0.05) is 11.6 Å². The van der Waals surface area contributed by atoms with Crippen LogP contribution in [0.5, 0.6) is 11.5 Å². The Balaban J connectivity index is 2.40. The predicted molar refractivity (Wildman–Crippen MR) is 85.5 cm³/mol. The molecule has 2 aromatic rings. The van der Waals surface area contributed by atoms with Gasteiger partial charge in [-0.05, 0) is 13.0 Å². The van der Waals surface area contributed by atoms with Crippen molar-refractivity contribution >= 4 is 29.7 Å². The number of aryl methyl sites for hydroxylation is 1. The summed E-state index contributed by atoms with van der Waals surface area (Å²) in [6.45, 7) is 1.26. The molecule has 0 aliphatic carbocycles. The minimum absolute atomic E-state index is 0.221. The van der Waals surface area contributed by atoms with Crippen molar-refractivity contribution in [3.8, 4) is 11.5 Å². The number of aliphatic carboxylic acids is 1. The number of methoxy groups -OCH3 is 1. The standard InChI is InChI=1S/C14H15ClN4O4/c1-8-6-19(14(16)18-8)17-5-9-3-10(15)4-11(22-2)13(9)23-7-12(20)21/h3-6H,7H2,1-2H3,(H2,16,18)(H,20,21). The highest BCUT2D eigenvalue weighted by molar-refractivity contribution is 6.31. The Hall–Kier alpha value is -2.74. The molecule has 0 aliphatic heterocycles. The van der Waals surface area contributed by atoms with Crippen molar-refractivity contribution in [2.24, 2.45) is 5.10 Å². The van der Waals surface area contributed by atoms with E-state index in [4.69, 9.17) is 31.9 Å². The first-order chi connectivity index (χ1) is 10.9. The topological polar surface area (TPSA) is 112 Å². The van der Waals surface area contributed by atoms with Crippen molar-refractivity contribution in [2.45, 2.75) is 6.92 Å². The summed E-state index contributed by atoms with van der Waals surface area (Å²) in [6.07, 6.45) is 3.08. The van der Waals surface area contributed by atoms with Crippen molar-refractivity contribution in [1.82, 2.24) is 9.66 Å². The summed E-state index contributed by atoms with van der Waals surface area (Å²) in [5.74, 6) is -0.367. The largest absolute Gasteiger partial charge is 0.493 e. The van der Waals surface area contributed by atoms with Crippen LogP contribution in [0.2, 0.25) is 5.02 Å². The highest BCUT2D eigenvalue weighted by Crippen LogP contribution is 2.34. The van der Waals surface area contributed by atoms with E-state index < -0.39 is 12.6 Å². The molecule has 23 heavy (non-hydrogen) atoms. The summed E-state index contributed by atoms with van der Waals surface area (Å²) in [4.78, 5) is 14.7. The maximum atomic E-state index is 10.7. The van der Waals surface area contributed by atoms with E-state index in [9.17, 15) is 4.79 Å². The number of carboxylic acid groups (broad SMARTS) is 1. The first-order valence-electron chi connectivity index (χ1n) is 6.48. The summed E-state index contributed by atoms with van der Waals surface area (Å²) in [5, 5.41) is 13.3. The number of nitrogen functional groups attached to an aromatic ring is 1. The first kappa shape index (κ1) is 16.6. The van der Waals surface area contributed by atoms with Gasteiger partial charge in [-0.15, -0.1) is 0 Å². The maximum Gasteiger partial charge on any atom is 0.341 e. The molecule has 0 atom stereocenters. The van der Waals surface area contributed by atoms with Crippen LogP contribution in [0.4, 0.5) is 5.95 Å². The fourth-order valence-electron chi connectivity index (χ4n) is 1.85. The molecule has 0 fully saturated rings. The summed E-state index contributed by atoms with van der Waals surface area (Å²) < 4.78 is 11.8. The summed E-state index contributed by atoms with van der Waals surface area (Å²) in [6, 6.07) is 3.09. The second kappa shape index (κ2) is 7.01. The van der Waals surface area contributed by atoms with Gasteiger partial charge < -0.3 is 20.3 Å². The Kier molecular flexibility index (Phi) is 5.07. The zero-order valence-electron chi connectivity index (χ0n) is 12.5. The number of hydrogen-bond acceptors (Lipinski definition) is 6. The third kappa shape index (κ3) is 4.13. The molecular weight excluding hydrogens is 324 g/mol. The molecule has 0 bridgehead atoms. The zero-order valence-corrected chi connectivity index (χ0v) is 13.2. The third-order valence-corrected chi connectivity index (χ3v) is 2.98. The Morgan fingerprint density at radius 2 is 2.30 bits per heavy atom. The number of ether oxygens (including phenoxy) is 2. The van der Waals surface area contributed by atoms with Gasteiger partial charge in [0.1, 0.15) is 0 Å². The normalized spacial score (nSPS) is 10.9. The molecule has 3 N–H and O–H groups in total. The first-order valence-corrected chi connectivity index (χ1v) is 6.86. The van der Waals surface area contributed by atoms with Gasteiger partial charge in [-0.3, -0.25) is 0 Å². The van der Waals surface area contributed by atoms with E-state index in [1.54, 1.807) is 19.2 Å². The molecule has 122 valence electrons. The summed E-state index contributed by atoms with van der Waals surface area (Å²) in [5.41, 5.74) is 6.87. The summed E-state index contributed by atoms with van der Waals surface area (Å²) >= 11 is 6.02. The average Bonchev–Trinajstić information content (AvgIpc) is 2.80. The van der Waals surface area contributed by atoms with E-state index >= 15 is 0 Å².